The Labute approximate surface area is 172 Å². The van der Waals surface area contributed by atoms with Gasteiger partial charge in [-0.25, -0.2) is 4.98 Å². The number of fused-ring (bicyclic) bond motifs is 1. The first kappa shape index (κ1) is 18.8. The van der Waals surface area contributed by atoms with Crippen molar-refractivity contribution in [1.82, 2.24) is 4.98 Å². The van der Waals surface area contributed by atoms with Gasteiger partial charge in [-0.05, 0) is 66.7 Å². The summed E-state index contributed by atoms with van der Waals surface area (Å²) in [5.74, 6) is 1.55. The molecule has 4 rings (SSSR count). The van der Waals surface area contributed by atoms with Crippen LogP contribution in [0.2, 0.25) is 5.02 Å². The van der Waals surface area contributed by atoms with Gasteiger partial charge in [-0.1, -0.05) is 11.6 Å². The molecule has 0 saturated carbocycles. The fraction of sp³-hybridized carbons (Fsp3) is 0.0909. The molecule has 6 nitrogen and oxygen atoms in total. The standard InChI is InChI=1S/C22H17ClN2O4/c1-27-17-7-2-14(3-8-17)22-25-19-12-16(6-11-20(19)29-22)24-21(26)13-28-18-9-4-15(23)5-10-18/h2-12H,13H2,1H3,(H,24,26). The molecular formula is C22H17ClN2O4. The Balaban J connectivity index is 1.44. The Morgan fingerprint density at radius 1 is 1.03 bits per heavy atom. The second-order valence-corrected chi connectivity index (χ2v) is 6.66. The number of carbonyl (C=O) groups is 1. The van der Waals surface area contributed by atoms with Crippen molar-refractivity contribution >= 4 is 34.3 Å². The molecule has 1 heterocycles. The molecule has 146 valence electrons. The number of hydrogen-bond acceptors (Lipinski definition) is 5. The van der Waals surface area contributed by atoms with E-state index in [4.69, 9.17) is 25.5 Å². The van der Waals surface area contributed by atoms with Crippen LogP contribution in [0.5, 0.6) is 11.5 Å². The molecule has 0 radical (unpaired) electrons. The van der Waals surface area contributed by atoms with Crippen LogP contribution in [-0.2, 0) is 4.79 Å². The number of anilines is 1. The van der Waals surface area contributed by atoms with E-state index >= 15 is 0 Å². The largest absolute Gasteiger partial charge is 0.497 e. The molecule has 3 aromatic carbocycles. The van der Waals surface area contributed by atoms with Crippen molar-refractivity contribution in [1.29, 1.82) is 0 Å². The smallest absolute Gasteiger partial charge is 0.262 e. The van der Waals surface area contributed by atoms with Crippen LogP contribution in [-0.4, -0.2) is 24.6 Å². The highest BCUT2D eigenvalue weighted by molar-refractivity contribution is 6.30. The van der Waals surface area contributed by atoms with Crippen molar-refractivity contribution < 1.29 is 18.7 Å². The number of aromatic nitrogens is 1. The summed E-state index contributed by atoms with van der Waals surface area (Å²) in [6.45, 7) is -0.115. The summed E-state index contributed by atoms with van der Waals surface area (Å²) < 4.78 is 16.4. The summed E-state index contributed by atoms with van der Waals surface area (Å²) >= 11 is 5.83. The van der Waals surface area contributed by atoms with Crippen LogP contribution in [0.1, 0.15) is 0 Å². The number of ether oxygens (including phenoxy) is 2. The molecule has 0 aliphatic heterocycles. The number of methoxy groups -OCH3 is 1. The number of amides is 1. The molecule has 0 saturated heterocycles. The summed E-state index contributed by atoms with van der Waals surface area (Å²) in [5, 5.41) is 3.40. The molecule has 1 amide bonds. The molecule has 0 atom stereocenters. The molecule has 0 spiro atoms. The van der Waals surface area contributed by atoms with Gasteiger partial charge in [0.1, 0.15) is 17.0 Å². The van der Waals surface area contributed by atoms with Crippen LogP contribution in [0, 0.1) is 0 Å². The zero-order valence-corrected chi connectivity index (χ0v) is 16.3. The van der Waals surface area contributed by atoms with Gasteiger partial charge in [-0.2, -0.15) is 0 Å². The Morgan fingerprint density at radius 2 is 1.76 bits per heavy atom. The van der Waals surface area contributed by atoms with Crippen molar-refractivity contribution in [2.24, 2.45) is 0 Å². The Morgan fingerprint density at radius 3 is 2.48 bits per heavy atom. The maximum atomic E-state index is 12.2. The van der Waals surface area contributed by atoms with Gasteiger partial charge in [0.05, 0.1) is 7.11 Å². The average molecular weight is 409 g/mol. The zero-order chi connectivity index (χ0) is 20.2. The summed E-state index contributed by atoms with van der Waals surface area (Å²) in [7, 11) is 1.62. The van der Waals surface area contributed by atoms with Gasteiger partial charge in [0.25, 0.3) is 5.91 Å². The molecule has 29 heavy (non-hydrogen) atoms. The van der Waals surface area contributed by atoms with Crippen LogP contribution in [0.15, 0.2) is 71.1 Å². The van der Waals surface area contributed by atoms with E-state index in [2.05, 4.69) is 10.3 Å². The highest BCUT2D eigenvalue weighted by Gasteiger charge is 2.10. The van der Waals surface area contributed by atoms with Crippen LogP contribution in [0.25, 0.3) is 22.6 Å². The second kappa shape index (κ2) is 8.24. The number of nitrogens with one attached hydrogen (secondary N) is 1. The summed E-state index contributed by atoms with van der Waals surface area (Å²) in [6.07, 6.45) is 0. The monoisotopic (exact) mass is 408 g/mol. The Bertz CT molecular complexity index is 1140. The number of halogens is 1. The van der Waals surface area contributed by atoms with Crippen molar-refractivity contribution in [2.45, 2.75) is 0 Å². The summed E-state index contributed by atoms with van der Waals surface area (Å²) in [5.41, 5.74) is 2.72. The van der Waals surface area contributed by atoms with Gasteiger partial charge in [0, 0.05) is 16.3 Å². The number of hydrogen-bond donors (Lipinski definition) is 1. The van der Waals surface area contributed by atoms with Gasteiger partial charge < -0.3 is 19.2 Å². The normalized spacial score (nSPS) is 10.7. The molecule has 7 heteroatoms. The lowest BCUT2D eigenvalue weighted by atomic mass is 10.2. The van der Waals surface area contributed by atoms with Crippen LogP contribution in [0.4, 0.5) is 5.69 Å². The first-order chi connectivity index (χ1) is 14.1. The number of nitrogens with zero attached hydrogens (tertiary/aromatic N) is 1. The quantitative estimate of drug-likeness (QED) is 0.476. The molecule has 1 N–H and O–H groups in total. The third-order valence-electron chi connectivity index (χ3n) is 4.19. The lowest BCUT2D eigenvalue weighted by Crippen LogP contribution is -2.20. The van der Waals surface area contributed by atoms with Gasteiger partial charge in [-0.3, -0.25) is 4.79 Å². The first-order valence-electron chi connectivity index (χ1n) is 8.84. The van der Waals surface area contributed by atoms with E-state index < -0.39 is 0 Å². The van der Waals surface area contributed by atoms with Crippen molar-refractivity contribution in [2.75, 3.05) is 19.0 Å². The van der Waals surface area contributed by atoms with Gasteiger partial charge in [0.2, 0.25) is 5.89 Å². The minimum atomic E-state index is -0.279. The van der Waals surface area contributed by atoms with E-state index in [0.29, 0.717) is 33.4 Å². The first-order valence-corrected chi connectivity index (χ1v) is 9.22. The minimum absolute atomic E-state index is 0.115. The van der Waals surface area contributed by atoms with Crippen LogP contribution >= 0.6 is 11.6 Å². The Kier molecular flexibility index (Phi) is 5.35. The number of benzene rings is 3. The Hall–Kier alpha value is -3.51. The molecule has 0 aliphatic rings. The van der Waals surface area contributed by atoms with Crippen molar-refractivity contribution in [3.8, 4) is 23.0 Å². The zero-order valence-electron chi connectivity index (χ0n) is 15.5. The molecule has 4 aromatic rings. The third-order valence-corrected chi connectivity index (χ3v) is 4.44. The predicted octanol–water partition coefficient (Wildman–Crippen LogP) is 5.17. The minimum Gasteiger partial charge on any atom is -0.497 e. The number of rotatable bonds is 6. The summed E-state index contributed by atoms with van der Waals surface area (Å²) in [6, 6.07) is 19.5. The molecule has 0 unspecified atom stereocenters. The number of oxazole rings is 1. The average Bonchev–Trinajstić information content (AvgIpc) is 3.17. The van der Waals surface area contributed by atoms with E-state index in [0.717, 1.165) is 11.3 Å². The maximum absolute atomic E-state index is 12.2. The fourth-order valence-electron chi connectivity index (χ4n) is 2.74. The van der Waals surface area contributed by atoms with E-state index in [1.807, 2.05) is 24.3 Å². The highest BCUT2D eigenvalue weighted by atomic mass is 35.5. The van der Waals surface area contributed by atoms with Crippen molar-refractivity contribution in [3.05, 3.63) is 71.8 Å². The molecule has 0 bridgehead atoms. The van der Waals surface area contributed by atoms with Crippen molar-refractivity contribution in [3.63, 3.8) is 0 Å². The second-order valence-electron chi connectivity index (χ2n) is 6.22. The van der Waals surface area contributed by atoms with E-state index in [1.165, 1.54) is 0 Å². The topological polar surface area (TPSA) is 73.6 Å². The third kappa shape index (κ3) is 4.50. The van der Waals surface area contributed by atoms with Crippen LogP contribution < -0.4 is 14.8 Å². The highest BCUT2D eigenvalue weighted by Crippen LogP contribution is 2.27. The maximum Gasteiger partial charge on any atom is 0.262 e. The van der Waals surface area contributed by atoms with Gasteiger partial charge in [0.15, 0.2) is 12.2 Å². The predicted molar refractivity (Wildman–Crippen MR) is 112 cm³/mol. The molecule has 0 aliphatic carbocycles. The van der Waals surface area contributed by atoms with Gasteiger partial charge >= 0.3 is 0 Å². The SMILES string of the molecule is COc1ccc(-c2nc3cc(NC(=O)COc4ccc(Cl)cc4)ccc3o2)cc1. The van der Waals surface area contributed by atoms with E-state index in [-0.39, 0.29) is 12.5 Å². The fourth-order valence-corrected chi connectivity index (χ4v) is 2.87. The lowest BCUT2D eigenvalue weighted by molar-refractivity contribution is -0.118. The lowest BCUT2D eigenvalue weighted by Gasteiger charge is -2.07. The van der Waals surface area contributed by atoms with E-state index in [9.17, 15) is 4.79 Å². The number of carbonyl (C=O) groups excluding carboxylic acids is 1. The molecule has 1 aromatic heterocycles. The molecule has 0 fully saturated rings. The van der Waals surface area contributed by atoms with Crippen LogP contribution in [0.3, 0.4) is 0 Å². The van der Waals surface area contributed by atoms with Gasteiger partial charge in [-0.15, -0.1) is 0 Å². The van der Waals surface area contributed by atoms with E-state index in [1.54, 1.807) is 49.6 Å². The molecular weight excluding hydrogens is 392 g/mol. The summed E-state index contributed by atoms with van der Waals surface area (Å²) in [4.78, 5) is 16.7.